The number of nitrogens with zero attached hydrogens (tertiary/aromatic N) is 4. The Morgan fingerprint density at radius 1 is 1.21 bits per heavy atom. The highest BCUT2D eigenvalue weighted by Gasteiger charge is 2.23. The minimum absolute atomic E-state index is 0.229. The summed E-state index contributed by atoms with van der Waals surface area (Å²) in [5.74, 6) is 1.69. The van der Waals surface area contributed by atoms with Gasteiger partial charge >= 0.3 is 0 Å². The van der Waals surface area contributed by atoms with Crippen LogP contribution in [0, 0.1) is 4.77 Å². The molecule has 0 N–H and O–H groups in total. The summed E-state index contributed by atoms with van der Waals surface area (Å²) < 4.78 is 15.6. The maximum atomic E-state index is 5.79. The normalized spacial score (nSPS) is 21.8. The molecule has 3 rings (SSSR count). The van der Waals surface area contributed by atoms with Gasteiger partial charge in [-0.15, -0.1) is 0 Å². The van der Waals surface area contributed by atoms with Crippen LogP contribution >= 0.6 is 12.2 Å². The van der Waals surface area contributed by atoms with E-state index in [9.17, 15) is 0 Å². The second-order valence-electron chi connectivity index (χ2n) is 6.33. The molecule has 24 heavy (non-hydrogen) atoms. The molecule has 0 radical (unpaired) electrons. The molecule has 1 aromatic heterocycles. The molecule has 2 atom stereocenters. The highest BCUT2D eigenvalue weighted by molar-refractivity contribution is 7.71. The summed E-state index contributed by atoms with van der Waals surface area (Å²) in [6.07, 6.45) is 0.459. The van der Waals surface area contributed by atoms with Crippen LogP contribution in [0.3, 0.4) is 0 Å². The molecule has 1 aliphatic heterocycles. The number of ether oxygens (including phenoxy) is 2. The quantitative estimate of drug-likeness (QED) is 0.795. The van der Waals surface area contributed by atoms with Gasteiger partial charge < -0.3 is 14.0 Å². The van der Waals surface area contributed by atoms with Crippen molar-refractivity contribution >= 4 is 12.2 Å². The summed E-state index contributed by atoms with van der Waals surface area (Å²) in [6.45, 7) is 6.66. The summed E-state index contributed by atoms with van der Waals surface area (Å²) in [7, 11) is 3.62. The van der Waals surface area contributed by atoms with Crippen molar-refractivity contribution in [3.8, 4) is 17.1 Å². The number of rotatable bonds is 4. The van der Waals surface area contributed by atoms with Gasteiger partial charge in [0.25, 0.3) is 0 Å². The van der Waals surface area contributed by atoms with Gasteiger partial charge in [-0.05, 0) is 50.3 Å². The Morgan fingerprint density at radius 3 is 2.42 bits per heavy atom. The summed E-state index contributed by atoms with van der Waals surface area (Å²) in [4.78, 5) is 2.33. The van der Waals surface area contributed by atoms with Crippen LogP contribution < -0.4 is 4.74 Å². The van der Waals surface area contributed by atoms with E-state index in [0.29, 0.717) is 11.4 Å². The van der Waals surface area contributed by atoms with E-state index >= 15 is 0 Å². The predicted molar refractivity (Wildman–Crippen MR) is 95.6 cm³/mol. The van der Waals surface area contributed by atoms with E-state index in [1.807, 2.05) is 40.6 Å². The third kappa shape index (κ3) is 3.53. The molecule has 0 aliphatic carbocycles. The number of aromatic nitrogens is 3. The molecule has 0 spiro atoms. The van der Waals surface area contributed by atoms with Crippen LogP contribution in [-0.2, 0) is 18.5 Å². The fourth-order valence-electron chi connectivity index (χ4n) is 3.16. The monoisotopic (exact) mass is 348 g/mol. The van der Waals surface area contributed by atoms with Crippen molar-refractivity contribution in [2.24, 2.45) is 7.05 Å². The first-order valence-electron chi connectivity index (χ1n) is 8.14. The molecule has 0 bridgehead atoms. The summed E-state index contributed by atoms with van der Waals surface area (Å²) >= 11 is 5.57. The first kappa shape index (κ1) is 17.1. The average molecular weight is 348 g/mol. The lowest BCUT2D eigenvalue weighted by molar-refractivity contribution is -0.0777. The Hall–Kier alpha value is -1.70. The molecule has 2 aromatic rings. The molecule has 0 amide bonds. The lowest BCUT2D eigenvalue weighted by Crippen LogP contribution is -2.46. The zero-order valence-electron chi connectivity index (χ0n) is 14.6. The van der Waals surface area contributed by atoms with Gasteiger partial charge in [-0.25, -0.2) is 4.68 Å². The van der Waals surface area contributed by atoms with Crippen LogP contribution in [0.4, 0.5) is 0 Å². The second-order valence-corrected chi connectivity index (χ2v) is 6.69. The predicted octanol–water partition coefficient (Wildman–Crippen LogP) is 2.69. The van der Waals surface area contributed by atoms with Gasteiger partial charge in [0.15, 0.2) is 10.6 Å². The Labute approximate surface area is 147 Å². The molecule has 2 heterocycles. The van der Waals surface area contributed by atoms with Gasteiger partial charge in [0.05, 0.1) is 26.0 Å². The second kappa shape index (κ2) is 7.04. The third-order valence-corrected chi connectivity index (χ3v) is 4.70. The van der Waals surface area contributed by atoms with Gasteiger partial charge in [-0.2, -0.15) is 5.10 Å². The highest BCUT2D eigenvalue weighted by Crippen LogP contribution is 2.21. The molecular weight excluding hydrogens is 324 g/mol. The summed E-state index contributed by atoms with van der Waals surface area (Å²) in [5.41, 5.74) is 1.02. The Balaban J connectivity index is 1.84. The lowest BCUT2D eigenvalue weighted by atomic mass is 10.2. The van der Waals surface area contributed by atoms with Crippen LogP contribution in [0.15, 0.2) is 24.3 Å². The van der Waals surface area contributed by atoms with Crippen molar-refractivity contribution in [3.63, 3.8) is 0 Å². The minimum Gasteiger partial charge on any atom is -0.497 e. The fourth-order valence-corrected chi connectivity index (χ4v) is 3.35. The molecule has 130 valence electrons. The fraction of sp³-hybridized carbons (Fsp3) is 0.529. The summed E-state index contributed by atoms with van der Waals surface area (Å²) in [6, 6.07) is 7.86. The van der Waals surface area contributed by atoms with Crippen LogP contribution in [-0.4, -0.2) is 51.7 Å². The standard InChI is InChI=1S/C17H24N4O2S/c1-12-9-20(10-13(2)23-12)11-21-17(24)19(3)16(18-21)14-5-7-15(22-4)8-6-14/h5-8,12-13H,9-11H2,1-4H3/t12-,13-/m1/s1. The van der Waals surface area contributed by atoms with Crippen LogP contribution in [0.2, 0.25) is 0 Å². The smallest absolute Gasteiger partial charge is 0.199 e. The van der Waals surface area contributed by atoms with Crippen molar-refractivity contribution < 1.29 is 9.47 Å². The van der Waals surface area contributed by atoms with Crippen molar-refractivity contribution in [2.45, 2.75) is 32.7 Å². The molecule has 1 aliphatic rings. The average Bonchev–Trinajstić information content (AvgIpc) is 2.82. The zero-order valence-corrected chi connectivity index (χ0v) is 15.4. The molecule has 1 saturated heterocycles. The first-order valence-corrected chi connectivity index (χ1v) is 8.55. The van der Waals surface area contributed by atoms with Gasteiger partial charge in [0.2, 0.25) is 0 Å². The molecule has 6 nitrogen and oxygen atoms in total. The van der Waals surface area contributed by atoms with E-state index in [-0.39, 0.29) is 12.2 Å². The number of hydrogen-bond donors (Lipinski definition) is 0. The van der Waals surface area contributed by atoms with Gasteiger partial charge in [-0.3, -0.25) is 4.90 Å². The van der Waals surface area contributed by atoms with Crippen molar-refractivity contribution in [1.29, 1.82) is 0 Å². The molecular formula is C17H24N4O2S. The van der Waals surface area contributed by atoms with E-state index < -0.39 is 0 Å². The van der Waals surface area contributed by atoms with Crippen molar-refractivity contribution in [2.75, 3.05) is 20.2 Å². The van der Waals surface area contributed by atoms with Crippen molar-refractivity contribution in [3.05, 3.63) is 29.0 Å². The maximum Gasteiger partial charge on any atom is 0.199 e. The van der Waals surface area contributed by atoms with Crippen LogP contribution in [0.1, 0.15) is 13.8 Å². The number of morpholine rings is 1. The maximum absolute atomic E-state index is 5.79. The molecule has 1 aromatic carbocycles. The number of benzene rings is 1. The molecule has 1 fully saturated rings. The number of methoxy groups -OCH3 is 1. The summed E-state index contributed by atoms with van der Waals surface area (Å²) in [5, 5.41) is 4.73. The Morgan fingerprint density at radius 2 is 1.83 bits per heavy atom. The van der Waals surface area contributed by atoms with E-state index in [2.05, 4.69) is 18.7 Å². The van der Waals surface area contributed by atoms with Gasteiger partial charge in [0.1, 0.15) is 5.75 Å². The Bertz CT molecular complexity index is 743. The molecule has 0 saturated carbocycles. The van der Waals surface area contributed by atoms with Crippen molar-refractivity contribution in [1.82, 2.24) is 19.2 Å². The van der Waals surface area contributed by atoms with Crippen LogP contribution in [0.25, 0.3) is 11.4 Å². The first-order chi connectivity index (χ1) is 11.5. The zero-order chi connectivity index (χ0) is 17.3. The minimum atomic E-state index is 0.229. The van der Waals surface area contributed by atoms with Gasteiger partial charge in [0, 0.05) is 25.7 Å². The lowest BCUT2D eigenvalue weighted by Gasteiger charge is -2.34. The van der Waals surface area contributed by atoms with E-state index in [1.54, 1.807) is 7.11 Å². The molecule has 0 unspecified atom stereocenters. The topological polar surface area (TPSA) is 44.4 Å². The van der Waals surface area contributed by atoms with E-state index in [4.69, 9.17) is 26.8 Å². The third-order valence-electron chi connectivity index (χ3n) is 4.22. The molecule has 7 heteroatoms. The SMILES string of the molecule is COc1ccc(-c2nn(CN3C[C@@H](C)O[C@H](C)C3)c(=S)n2C)cc1. The van der Waals surface area contributed by atoms with E-state index in [1.165, 1.54) is 0 Å². The van der Waals surface area contributed by atoms with Gasteiger partial charge in [-0.1, -0.05) is 0 Å². The Kier molecular flexibility index (Phi) is 5.03. The number of hydrogen-bond acceptors (Lipinski definition) is 5. The largest absolute Gasteiger partial charge is 0.497 e. The highest BCUT2D eigenvalue weighted by atomic mass is 32.1. The van der Waals surface area contributed by atoms with Crippen LogP contribution in [0.5, 0.6) is 5.75 Å². The van der Waals surface area contributed by atoms with E-state index in [0.717, 1.165) is 30.2 Å².